The molecule has 0 aromatic carbocycles. The number of ether oxygens (including phenoxy) is 3. The maximum Gasteiger partial charge on any atom is 0.0635 e. The molecular weight excluding hydrogens is 236 g/mol. The number of aliphatic hydroxyl groups is 1. The number of nitrogens with two attached hydrogens (primary N) is 2. The number of aliphatic hydroxyl groups excluding tert-OH is 1. The van der Waals surface area contributed by atoms with Gasteiger partial charge >= 0.3 is 0 Å². The Morgan fingerprint density at radius 3 is 1.67 bits per heavy atom. The molecule has 0 aromatic heterocycles. The highest BCUT2D eigenvalue weighted by atomic mass is 16.5. The van der Waals surface area contributed by atoms with Crippen molar-refractivity contribution in [3.63, 3.8) is 0 Å². The lowest BCUT2D eigenvalue weighted by Crippen LogP contribution is -2.41. The fraction of sp³-hybridized carbons (Fsp3) is 1.00. The van der Waals surface area contributed by atoms with Crippen molar-refractivity contribution in [3.05, 3.63) is 0 Å². The van der Waals surface area contributed by atoms with Gasteiger partial charge in [0.05, 0.1) is 45.1 Å². The highest BCUT2D eigenvalue weighted by Crippen LogP contribution is 2.19. The molecule has 0 amide bonds. The van der Waals surface area contributed by atoms with Crippen molar-refractivity contribution >= 4 is 0 Å². The molecule has 0 fully saturated rings. The van der Waals surface area contributed by atoms with Crippen LogP contribution in [0.25, 0.3) is 0 Å². The molecule has 18 heavy (non-hydrogen) atoms. The van der Waals surface area contributed by atoms with Crippen molar-refractivity contribution in [2.75, 3.05) is 59.3 Å². The zero-order valence-corrected chi connectivity index (χ0v) is 11.4. The van der Waals surface area contributed by atoms with E-state index in [0.29, 0.717) is 52.7 Å². The minimum atomic E-state index is -0.528. The Balaban J connectivity index is 4.20. The number of hydrogen-bond acceptors (Lipinski definition) is 6. The maximum absolute atomic E-state index is 9.57. The van der Waals surface area contributed by atoms with Crippen LogP contribution in [0.4, 0.5) is 0 Å². The van der Waals surface area contributed by atoms with Gasteiger partial charge in [0, 0.05) is 19.7 Å². The first-order chi connectivity index (χ1) is 8.74. The van der Waals surface area contributed by atoms with Crippen LogP contribution in [0.2, 0.25) is 0 Å². The standard InChI is InChI=1S/C12H28N2O4/c1-2-5-16-9-12(8-15,10-17-6-3-13)11-18-7-4-14/h15H,2-11,13-14H2,1H3. The Morgan fingerprint density at radius 2 is 1.33 bits per heavy atom. The van der Waals surface area contributed by atoms with E-state index in [1.165, 1.54) is 0 Å². The van der Waals surface area contributed by atoms with Gasteiger partial charge in [0.25, 0.3) is 0 Å². The van der Waals surface area contributed by atoms with Gasteiger partial charge in [-0.15, -0.1) is 0 Å². The molecule has 6 nitrogen and oxygen atoms in total. The van der Waals surface area contributed by atoms with Crippen molar-refractivity contribution in [3.8, 4) is 0 Å². The number of hydrogen-bond donors (Lipinski definition) is 3. The van der Waals surface area contributed by atoms with Crippen LogP contribution < -0.4 is 11.5 Å². The third-order valence-corrected chi connectivity index (χ3v) is 2.43. The van der Waals surface area contributed by atoms with Gasteiger partial charge in [-0.1, -0.05) is 6.92 Å². The van der Waals surface area contributed by atoms with Crippen molar-refractivity contribution < 1.29 is 19.3 Å². The van der Waals surface area contributed by atoms with Crippen LogP contribution in [-0.2, 0) is 14.2 Å². The SMILES string of the molecule is CCCOCC(CO)(COCCN)COCCN. The minimum Gasteiger partial charge on any atom is -0.396 e. The van der Waals surface area contributed by atoms with Crippen molar-refractivity contribution in [2.45, 2.75) is 13.3 Å². The van der Waals surface area contributed by atoms with E-state index in [0.717, 1.165) is 6.42 Å². The smallest absolute Gasteiger partial charge is 0.0635 e. The van der Waals surface area contributed by atoms with Crippen LogP contribution >= 0.6 is 0 Å². The molecule has 0 saturated carbocycles. The molecule has 0 aliphatic rings. The zero-order chi connectivity index (χ0) is 13.7. The van der Waals surface area contributed by atoms with Gasteiger partial charge in [-0.25, -0.2) is 0 Å². The Hall–Kier alpha value is -0.240. The first-order valence-corrected chi connectivity index (χ1v) is 6.49. The first kappa shape index (κ1) is 17.8. The van der Waals surface area contributed by atoms with Crippen molar-refractivity contribution in [1.82, 2.24) is 0 Å². The van der Waals surface area contributed by atoms with Gasteiger partial charge in [0.1, 0.15) is 0 Å². The summed E-state index contributed by atoms with van der Waals surface area (Å²) >= 11 is 0. The topological polar surface area (TPSA) is 100.0 Å². The first-order valence-electron chi connectivity index (χ1n) is 6.49. The molecule has 0 rings (SSSR count). The average molecular weight is 264 g/mol. The van der Waals surface area contributed by atoms with E-state index in [2.05, 4.69) is 0 Å². The van der Waals surface area contributed by atoms with E-state index < -0.39 is 5.41 Å². The second kappa shape index (κ2) is 11.8. The van der Waals surface area contributed by atoms with E-state index in [-0.39, 0.29) is 6.61 Å². The van der Waals surface area contributed by atoms with Gasteiger partial charge in [-0.05, 0) is 6.42 Å². The maximum atomic E-state index is 9.57. The van der Waals surface area contributed by atoms with E-state index in [1.54, 1.807) is 0 Å². The summed E-state index contributed by atoms with van der Waals surface area (Å²) in [5.41, 5.74) is 10.2. The highest BCUT2D eigenvalue weighted by Gasteiger charge is 2.31. The fourth-order valence-corrected chi connectivity index (χ4v) is 1.44. The van der Waals surface area contributed by atoms with E-state index in [4.69, 9.17) is 25.7 Å². The Bertz CT molecular complexity index is 155. The number of rotatable bonds is 13. The van der Waals surface area contributed by atoms with Gasteiger partial charge < -0.3 is 30.8 Å². The predicted molar refractivity (Wildman–Crippen MR) is 70.4 cm³/mol. The summed E-state index contributed by atoms with van der Waals surface area (Å²) in [5.74, 6) is 0. The van der Waals surface area contributed by atoms with Crippen LogP contribution in [0.5, 0.6) is 0 Å². The molecule has 5 N–H and O–H groups in total. The zero-order valence-electron chi connectivity index (χ0n) is 11.4. The summed E-state index contributed by atoms with van der Waals surface area (Å²) in [4.78, 5) is 0. The predicted octanol–water partition coefficient (Wildman–Crippen LogP) is -0.658. The van der Waals surface area contributed by atoms with Gasteiger partial charge in [0.15, 0.2) is 0 Å². The highest BCUT2D eigenvalue weighted by molar-refractivity contribution is 4.78. The van der Waals surface area contributed by atoms with Gasteiger partial charge in [-0.2, -0.15) is 0 Å². The molecule has 110 valence electrons. The quantitative estimate of drug-likeness (QED) is 0.382. The average Bonchev–Trinajstić information content (AvgIpc) is 2.39. The lowest BCUT2D eigenvalue weighted by molar-refractivity contribution is -0.0908. The lowest BCUT2D eigenvalue weighted by atomic mass is 9.92. The third-order valence-electron chi connectivity index (χ3n) is 2.43. The Kier molecular flexibility index (Phi) is 11.7. The molecule has 0 bridgehead atoms. The van der Waals surface area contributed by atoms with Gasteiger partial charge in [-0.3, -0.25) is 0 Å². The van der Waals surface area contributed by atoms with Crippen LogP contribution in [0.15, 0.2) is 0 Å². The van der Waals surface area contributed by atoms with Crippen LogP contribution in [0.3, 0.4) is 0 Å². The summed E-state index contributed by atoms with van der Waals surface area (Å²) in [6.45, 7) is 5.65. The van der Waals surface area contributed by atoms with E-state index in [9.17, 15) is 5.11 Å². The second-order valence-corrected chi connectivity index (χ2v) is 4.39. The summed E-state index contributed by atoms with van der Waals surface area (Å²) in [6.07, 6.45) is 0.939. The molecule has 0 aliphatic carbocycles. The monoisotopic (exact) mass is 264 g/mol. The summed E-state index contributed by atoms with van der Waals surface area (Å²) < 4.78 is 16.4. The molecule has 0 spiro atoms. The second-order valence-electron chi connectivity index (χ2n) is 4.39. The molecule has 0 saturated heterocycles. The van der Waals surface area contributed by atoms with Crippen LogP contribution in [0.1, 0.15) is 13.3 Å². The normalized spacial score (nSPS) is 12.0. The Morgan fingerprint density at radius 1 is 0.889 bits per heavy atom. The van der Waals surface area contributed by atoms with Crippen molar-refractivity contribution in [2.24, 2.45) is 16.9 Å². The summed E-state index contributed by atoms with van der Waals surface area (Å²) in [5, 5.41) is 9.57. The largest absolute Gasteiger partial charge is 0.396 e. The third kappa shape index (κ3) is 7.97. The molecule has 0 aromatic rings. The fourth-order valence-electron chi connectivity index (χ4n) is 1.44. The molecular formula is C12H28N2O4. The molecule has 0 aliphatic heterocycles. The molecule has 0 heterocycles. The molecule has 0 atom stereocenters. The molecule has 0 unspecified atom stereocenters. The summed E-state index contributed by atoms with van der Waals surface area (Å²) in [7, 11) is 0. The van der Waals surface area contributed by atoms with Gasteiger partial charge in [0.2, 0.25) is 0 Å². The van der Waals surface area contributed by atoms with Crippen molar-refractivity contribution in [1.29, 1.82) is 0 Å². The van der Waals surface area contributed by atoms with E-state index >= 15 is 0 Å². The Labute approximate surface area is 110 Å². The summed E-state index contributed by atoms with van der Waals surface area (Å²) in [6, 6.07) is 0. The lowest BCUT2D eigenvalue weighted by Gasteiger charge is -2.31. The van der Waals surface area contributed by atoms with Crippen LogP contribution in [0, 0.1) is 5.41 Å². The molecule has 6 heteroatoms. The molecule has 0 radical (unpaired) electrons. The van der Waals surface area contributed by atoms with Crippen LogP contribution in [-0.4, -0.2) is 64.4 Å². The van der Waals surface area contributed by atoms with E-state index in [1.807, 2.05) is 6.92 Å². The minimum absolute atomic E-state index is 0.0497.